The zero-order chi connectivity index (χ0) is 26.0. The second-order valence-electron chi connectivity index (χ2n) is 10.1. The number of hydrogen-bond acceptors (Lipinski definition) is 4. The molecule has 2 rings (SSSR count). The molecule has 2 amide bonds. The largest absolute Gasteiger partial charge is 0.496 e. The lowest BCUT2D eigenvalue weighted by molar-refractivity contribution is -0.140. The van der Waals surface area contributed by atoms with Crippen LogP contribution in [0.5, 0.6) is 11.5 Å². The van der Waals surface area contributed by atoms with E-state index in [1.807, 2.05) is 58.0 Å². The monoisotopic (exact) mass is 484 g/mol. The van der Waals surface area contributed by atoms with Crippen molar-refractivity contribution in [2.75, 3.05) is 20.8 Å². The zero-order valence-corrected chi connectivity index (χ0v) is 21.9. The minimum absolute atomic E-state index is 0.242. The van der Waals surface area contributed by atoms with Gasteiger partial charge in [0.2, 0.25) is 0 Å². The summed E-state index contributed by atoms with van der Waals surface area (Å²) in [6.07, 6.45) is 2.96. The molecule has 35 heavy (non-hydrogen) atoms. The van der Waals surface area contributed by atoms with Crippen LogP contribution >= 0.6 is 0 Å². The van der Waals surface area contributed by atoms with E-state index in [2.05, 4.69) is 17.4 Å². The summed E-state index contributed by atoms with van der Waals surface area (Å²) in [6.45, 7) is 8.61. The molecule has 0 saturated heterocycles. The molecule has 2 aromatic carbocycles. The first-order chi connectivity index (χ1) is 16.5. The molecule has 0 aromatic heterocycles. The van der Waals surface area contributed by atoms with Crippen molar-refractivity contribution in [2.45, 2.75) is 66.0 Å². The van der Waals surface area contributed by atoms with Crippen molar-refractivity contribution in [3.8, 4) is 11.5 Å². The molecule has 192 valence electrons. The van der Waals surface area contributed by atoms with E-state index < -0.39 is 12.0 Å². The summed E-state index contributed by atoms with van der Waals surface area (Å²) in [5, 5.41) is 12.4. The molecule has 0 saturated carbocycles. The van der Waals surface area contributed by atoms with E-state index in [0.717, 1.165) is 30.4 Å². The predicted molar refractivity (Wildman–Crippen MR) is 138 cm³/mol. The standard InChI is InChI=1S/C28H40N2O5/c1-20-24(34-5)16-22(17-25(20)35-6)19-30(15-11-10-14-21-12-8-7-9-13-21)27(33)29-23(26(31)32)18-28(2,3)4/h7-9,12-13,16-17,23H,10-11,14-15,18-19H2,1-6H3,(H,29,33)(H,31,32). The first-order valence-electron chi connectivity index (χ1n) is 12.1. The number of nitrogens with zero attached hydrogens (tertiary/aromatic N) is 1. The van der Waals surface area contributed by atoms with Crippen LogP contribution in [-0.2, 0) is 17.8 Å². The first-order valence-corrected chi connectivity index (χ1v) is 12.1. The van der Waals surface area contributed by atoms with Gasteiger partial charge in [0.25, 0.3) is 0 Å². The van der Waals surface area contributed by atoms with Crippen molar-refractivity contribution < 1.29 is 24.2 Å². The topological polar surface area (TPSA) is 88.1 Å². The number of carbonyl (C=O) groups excluding carboxylic acids is 1. The SMILES string of the molecule is COc1cc(CN(CCCCc2ccccc2)C(=O)NC(CC(C)(C)C)C(=O)O)cc(OC)c1C. The first kappa shape index (κ1) is 28.0. The molecule has 0 aliphatic heterocycles. The molecule has 0 bridgehead atoms. The Hall–Kier alpha value is -3.22. The molecule has 1 atom stereocenters. The van der Waals surface area contributed by atoms with Gasteiger partial charge in [-0.05, 0) is 61.3 Å². The number of hydrogen-bond donors (Lipinski definition) is 2. The van der Waals surface area contributed by atoms with Crippen molar-refractivity contribution in [2.24, 2.45) is 5.41 Å². The Bertz CT molecular complexity index is 944. The van der Waals surface area contributed by atoms with E-state index in [0.29, 0.717) is 31.0 Å². The summed E-state index contributed by atoms with van der Waals surface area (Å²) in [7, 11) is 3.20. The number of nitrogens with one attached hydrogen (secondary N) is 1. The number of urea groups is 1. The fourth-order valence-corrected chi connectivity index (χ4v) is 4.03. The molecule has 7 heteroatoms. The number of amides is 2. The van der Waals surface area contributed by atoms with Crippen molar-refractivity contribution in [1.29, 1.82) is 0 Å². The Labute approximate surface area is 209 Å². The van der Waals surface area contributed by atoms with Crippen LogP contribution in [0.1, 0.15) is 56.7 Å². The van der Waals surface area contributed by atoms with Gasteiger partial charge in [-0.3, -0.25) is 0 Å². The lowest BCUT2D eigenvalue weighted by Crippen LogP contribution is -2.49. The van der Waals surface area contributed by atoms with Gasteiger partial charge in [0, 0.05) is 18.7 Å². The van der Waals surface area contributed by atoms with Gasteiger partial charge in [-0.15, -0.1) is 0 Å². The fourth-order valence-electron chi connectivity index (χ4n) is 4.03. The normalized spacial score (nSPS) is 12.1. The molecule has 0 heterocycles. The van der Waals surface area contributed by atoms with E-state index in [1.54, 1.807) is 19.1 Å². The molecule has 0 aliphatic carbocycles. The van der Waals surface area contributed by atoms with E-state index in [4.69, 9.17) is 9.47 Å². The van der Waals surface area contributed by atoms with Gasteiger partial charge in [0.05, 0.1) is 14.2 Å². The van der Waals surface area contributed by atoms with Crippen LogP contribution in [0.25, 0.3) is 0 Å². The minimum Gasteiger partial charge on any atom is -0.496 e. The molecule has 2 aromatic rings. The molecule has 0 fully saturated rings. The quantitative estimate of drug-likeness (QED) is 0.392. The Morgan fingerprint density at radius 1 is 1.00 bits per heavy atom. The summed E-state index contributed by atoms with van der Waals surface area (Å²) >= 11 is 0. The highest BCUT2D eigenvalue weighted by Crippen LogP contribution is 2.30. The lowest BCUT2D eigenvalue weighted by atomic mass is 9.88. The van der Waals surface area contributed by atoms with Crippen LogP contribution in [0.15, 0.2) is 42.5 Å². The van der Waals surface area contributed by atoms with Gasteiger partial charge in [0.1, 0.15) is 17.5 Å². The molecule has 2 N–H and O–H groups in total. The van der Waals surface area contributed by atoms with Crippen molar-refractivity contribution in [3.63, 3.8) is 0 Å². The van der Waals surface area contributed by atoms with Gasteiger partial charge in [-0.1, -0.05) is 51.1 Å². The van der Waals surface area contributed by atoms with Crippen molar-refractivity contribution in [3.05, 3.63) is 59.2 Å². The Morgan fingerprint density at radius 3 is 2.11 bits per heavy atom. The summed E-state index contributed by atoms with van der Waals surface area (Å²) < 4.78 is 11.0. The summed E-state index contributed by atoms with van der Waals surface area (Å²) in [5.41, 5.74) is 2.75. The van der Waals surface area contributed by atoms with Crippen LogP contribution in [-0.4, -0.2) is 48.8 Å². The minimum atomic E-state index is -1.03. The zero-order valence-electron chi connectivity index (χ0n) is 21.9. The number of rotatable bonds is 12. The maximum Gasteiger partial charge on any atom is 0.326 e. The van der Waals surface area contributed by atoms with Gasteiger partial charge in [-0.25, -0.2) is 9.59 Å². The number of ether oxygens (including phenoxy) is 2. The van der Waals surface area contributed by atoms with E-state index in [1.165, 1.54) is 5.56 Å². The van der Waals surface area contributed by atoms with E-state index in [9.17, 15) is 14.7 Å². The molecule has 7 nitrogen and oxygen atoms in total. The van der Waals surface area contributed by atoms with Crippen molar-refractivity contribution >= 4 is 12.0 Å². The highest BCUT2D eigenvalue weighted by molar-refractivity contribution is 5.82. The summed E-state index contributed by atoms with van der Waals surface area (Å²) in [6, 6.07) is 12.7. The molecule has 0 spiro atoms. The van der Waals surface area contributed by atoms with Crippen LogP contribution in [0.4, 0.5) is 4.79 Å². The second-order valence-corrected chi connectivity index (χ2v) is 10.1. The smallest absolute Gasteiger partial charge is 0.326 e. The number of methoxy groups -OCH3 is 2. The summed E-state index contributed by atoms with van der Waals surface area (Å²) in [5.74, 6) is 0.329. The maximum absolute atomic E-state index is 13.3. The highest BCUT2D eigenvalue weighted by Gasteiger charge is 2.28. The third-order valence-corrected chi connectivity index (χ3v) is 5.87. The van der Waals surface area contributed by atoms with Gasteiger partial charge < -0.3 is 24.8 Å². The van der Waals surface area contributed by atoms with Gasteiger partial charge >= 0.3 is 12.0 Å². The number of benzene rings is 2. The average molecular weight is 485 g/mol. The van der Waals surface area contributed by atoms with Crippen LogP contribution in [0.2, 0.25) is 0 Å². The number of aryl methyl sites for hydroxylation is 1. The maximum atomic E-state index is 13.3. The lowest BCUT2D eigenvalue weighted by Gasteiger charge is -2.28. The molecule has 1 unspecified atom stereocenters. The van der Waals surface area contributed by atoms with Gasteiger partial charge in [-0.2, -0.15) is 0 Å². The molecular weight excluding hydrogens is 444 g/mol. The molecule has 0 aliphatic rings. The predicted octanol–water partition coefficient (Wildman–Crippen LogP) is 5.44. The Kier molecular flexibility index (Phi) is 10.4. The van der Waals surface area contributed by atoms with Gasteiger partial charge in [0.15, 0.2) is 0 Å². The Balaban J connectivity index is 2.19. The van der Waals surface area contributed by atoms with Crippen LogP contribution in [0, 0.1) is 12.3 Å². The van der Waals surface area contributed by atoms with Crippen molar-refractivity contribution in [1.82, 2.24) is 10.2 Å². The van der Waals surface area contributed by atoms with Crippen LogP contribution < -0.4 is 14.8 Å². The van der Waals surface area contributed by atoms with Crippen LogP contribution in [0.3, 0.4) is 0 Å². The van der Waals surface area contributed by atoms with E-state index in [-0.39, 0.29) is 11.4 Å². The fraction of sp³-hybridized carbons (Fsp3) is 0.500. The third-order valence-electron chi connectivity index (χ3n) is 5.87. The number of carboxylic acids is 1. The summed E-state index contributed by atoms with van der Waals surface area (Å²) in [4.78, 5) is 26.8. The number of unbranched alkanes of at least 4 members (excludes halogenated alkanes) is 1. The molecular formula is C28H40N2O5. The molecule has 0 radical (unpaired) electrons. The third kappa shape index (κ3) is 9.15. The highest BCUT2D eigenvalue weighted by atomic mass is 16.5. The number of carboxylic acid groups (broad SMARTS) is 1. The number of carbonyl (C=O) groups is 2. The Morgan fingerprint density at radius 2 is 1.60 bits per heavy atom. The number of aliphatic carboxylic acids is 1. The second kappa shape index (κ2) is 13.0. The average Bonchev–Trinajstić information content (AvgIpc) is 2.81. The van der Waals surface area contributed by atoms with E-state index >= 15 is 0 Å².